The number of aromatic nitrogens is 2. The first kappa shape index (κ1) is 9.71. The summed E-state index contributed by atoms with van der Waals surface area (Å²) in [4.78, 5) is 14.9. The lowest BCUT2D eigenvalue weighted by Gasteiger charge is -2.00. The van der Waals surface area contributed by atoms with Gasteiger partial charge in [0.15, 0.2) is 0 Å². The Morgan fingerprint density at radius 2 is 2.20 bits per heavy atom. The lowest BCUT2D eigenvalue weighted by molar-refractivity contribution is -0.136. The van der Waals surface area contributed by atoms with Crippen molar-refractivity contribution in [1.29, 1.82) is 0 Å². The summed E-state index contributed by atoms with van der Waals surface area (Å²) in [7, 11) is 0. The standard InChI is InChI=1S/C11H12N2O2/c1-7-4-3-5-10-9(6-11(14)15)12-8(2)13(7)10/h3-5H,6H2,1-2H3,(H,14,15). The average molecular weight is 204 g/mol. The smallest absolute Gasteiger partial charge is 0.309 e. The molecule has 2 aromatic heterocycles. The first-order chi connectivity index (χ1) is 7.09. The van der Waals surface area contributed by atoms with E-state index in [1.807, 2.05) is 36.4 Å². The molecule has 0 bridgehead atoms. The van der Waals surface area contributed by atoms with E-state index in [4.69, 9.17) is 5.11 Å². The van der Waals surface area contributed by atoms with Gasteiger partial charge in [-0.2, -0.15) is 0 Å². The highest BCUT2D eigenvalue weighted by molar-refractivity contribution is 5.73. The molecule has 78 valence electrons. The van der Waals surface area contributed by atoms with Crippen molar-refractivity contribution in [1.82, 2.24) is 9.38 Å². The Balaban J connectivity index is 2.68. The van der Waals surface area contributed by atoms with Gasteiger partial charge >= 0.3 is 5.97 Å². The maximum Gasteiger partial charge on any atom is 0.309 e. The van der Waals surface area contributed by atoms with Crippen LogP contribution in [0.2, 0.25) is 0 Å². The van der Waals surface area contributed by atoms with Crippen molar-refractivity contribution in [3.63, 3.8) is 0 Å². The van der Waals surface area contributed by atoms with Gasteiger partial charge in [0, 0.05) is 5.69 Å². The van der Waals surface area contributed by atoms with Gasteiger partial charge in [-0.3, -0.25) is 4.79 Å². The Labute approximate surface area is 87.2 Å². The van der Waals surface area contributed by atoms with Crippen LogP contribution in [0.25, 0.3) is 5.52 Å². The number of imidazole rings is 1. The molecule has 0 atom stereocenters. The van der Waals surface area contributed by atoms with Crippen molar-refractivity contribution in [2.45, 2.75) is 20.3 Å². The number of carboxylic acids is 1. The average Bonchev–Trinajstić information content (AvgIpc) is 2.44. The molecule has 2 aromatic rings. The summed E-state index contributed by atoms with van der Waals surface area (Å²) in [6.45, 7) is 3.86. The van der Waals surface area contributed by atoms with Crippen LogP contribution in [-0.2, 0) is 11.2 Å². The number of aryl methyl sites for hydroxylation is 2. The molecule has 15 heavy (non-hydrogen) atoms. The van der Waals surface area contributed by atoms with E-state index in [-0.39, 0.29) is 6.42 Å². The van der Waals surface area contributed by atoms with Crippen LogP contribution < -0.4 is 0 Å². The normalized spacial score (nSPS) is 10.8. The van der Waals surface area contributed by atoms with Crippen LogP contribution >= 0.6 is 0 Å². The molecule has 0 aliphatic carbocycles. The maximum absolute atomic E-state index is 10.7. The molecule has 4 nitrogen and oxygen atoms in total. The Morgan fingerprint density at radius 1 is 1.47 bits per heavy atom. The highest BCUT2D eigenvalue weighted by Crippen LogP contribution is 2.15. The second-order valence-electron chi connectivity index (χ2n) is 3.56. The number of rotatable bonds is 2. The van der Waals surface area contributed by atoms with E-state index in [0.717, 1.165) is 17.0 Å². The molecule has 0 spiro atoms. The zero-order valence-corrected chi connectivity index (χ0v) is 8.69. The minimum atomic E-state index is -0.850. The summed E-state index contributed by atoms with van der Waals surface area (Å²) < 4.78 is 1.97. The Kier molecular flexibility index (Phi) is 2.19. The van der Waals surface area contributed by atoms with Gasteiger partial charge in [0.1, 0.15) is 5.82 Å². The largest absolute Gasteiger partial charge is 0.481 e. The number of fused-ring (bicyclic) bond motifs is 1. The monoisotopic (exact) mass is 204 g/mol. The number of carbonyl (C=O) groups is 1. The molecule has 2 heterocycles. The summed E-state index contributed by atoms with van der Waals surface area (Å²) >= 11 is 0. The number of carboxylic acid groups (broad SMARTS) is 1. The van der Waals surface area contributed by atoms with E-state index in [9.17, 15) is 4.79 Å². The van der Waals surface area contributed by atoms with Crippen molar-refractivity contribution in [3.8, 4) is 0 Å². The van der Waals surface area contributed by atoms with Crippen molar-refractivity contribution in [2.24, 2.45) is 0 Å². The van der Waals surface area contributed by atoms with Gasteiger partial charge in [-0.1, -0.05) is 6.07 Å². The highest BCUT2D eigenvalue weighted by Gasteiger charge is 2.11. The molecular formula is C11H12N2O2. The van der Waals surface area contributed by atoms with Crippen LogP contribution in [0.5, 0.6) is 0 Å². The predicted octanol–water partition coefficient (Wildman–Crippen LogP) is 1.58. The zero-order valence-electron chi connectivity index (χ0n) is 8.69. The van der Waals surface area contributed by atoms with Crippen LogP contribution in [-0.4, -0.2) is 20.5 Å². The van der Waals surface area contributed by atoms with E-state index in [2.05, 4.69) is 4.98 Å². The molecule has 0 unspecified atom stereocenters. The first-order valence-electron chi connectivity index (χ1n) is 4.75. The van der Waals surface area contributed by atoms with E-state index in [0.29, 0.717) is 5.69 Å². The molecule has 0 aliphatic heterocycles. The molecule has 0 aliphatic rings. The molecule has 0 saturated carbocycles. The number of pyridine rings is 1. The molecule has 0 amide bonds. The Bertz CT molecular complexity index is 529. The first-order valence-corrected chi connectivity index (χ1v) is 4.75. The van der Waals surface area contributed by atoms with Gasteiger partial charge < -0.3 is 9.51 Å². The van der Waals surface area contributed by atoms with Gasteiger partial charge in [0.2, 0.25) is 0 Å². The fraction of sp³-hybridized carbons (Fsp3) is 0.273. The van der Waals surface area contributed by atoms with Crippen LogP contribution in [0.15, 0.2) is 18.2 Å². The van der Waals surface area contributed by atoms with Gasteiger partial charge in [-0.25, -0.2) is 4.98 Å². The summed E-state index contributed by atoms with van der Waals surface area (Å²) in [6, 6.07) is 5.79. The summed E-state index contributed by atoms with van der Waals surface area (Å²) in [5, 5.41) is 8.76. The lowest BCUT2D eigenvalue weighted by atomic mass is 10.2. The molecule has 2 rings (SSSR count). The summed E-state index contributed by atoms with van der Waals surface area (Å²) in [5.74, 6) is -0.0177. The summed E-state index contributed by atoms with van der Waals surface area (Å²) in [6.07, 6.45) is -0.0270. The van der Waals surface area contributed by atoms with Gasteiger partial charge in [0.25, 0.3) is 0 Å². The van der Waals surface area contributed by atoms with E-state index in [1.54, 1.807) is 0 Å². The van der Waals surface area contributed by atoms with Crippen LogP contribution in [0.1, 0.15) is 17.2 Å². The van der Waals surface area contributed by atoms with Gasteiger partial charge in [-0.05, 0) is 26.0 Å². The van der Waals surface area contributed by atoms with Crippen molar-refractivity contribution in [2.75, 3.05) is 0 Å². The fourth-order valence-electron chi connectivity index (χ4n) is 1.85. The molecule has 0 aromatic carbocycles. The third-order valence-corrected chi connectivity index (χ3v) is 2.42. The number of aliphatic carboxylic acids is 1. The van der Waals surface area contributed by atoms with Crippen LogP contribution in [0, 0.1) is 13.8 Å². The minimum Gasteiger partial charge on any atom is -0.481 e. The predicted molar refractivity (Wildman–Crippen MR) is 56.0 cm³/mol. The fourth-order valence-corrected chi connectivity index (χ4v) is 1.85. The molecule has 0 fully saturated rings. The van der Waals surface area contributed by atoms with Crippen molar-refractivity contribution >= 4 is 11.5 Å². The zero-order chi connectivity index (χ0) is 11.0. The number of hydrogen-bond donors (Lipinski definition) is 1. The number of hydrogen-bond acceptors (Lipinski definition) is 2. The topological polar surface area (TPSA) is 54.6 Å². The van der Waals surface area contributed by atoms with Gasteiger partial charge in [0.05, 0.1) is 17.6 Å². The molecule has 4 heteroatoms. The van der Waals surface area contributed by atoms with E-state index < -0.39 is 5.97 Å². The maximum atomic E-state index is 10.7. The number of nitrogens with zero attached hydrogens (tertiary/aromatic N) is 2. The van der Waals surface area contributed by atoms with E-state index in [1.165, 1.54) is 0 Å². The Hall–Kier alpha value is -1.84. The Morgan fingerprint density at radius 3 is 2.87 bits per heavy atom. The van der Waals surface area contributed by atoms with E-state index >= 15 is 0 Å². The highest BCUT2D eigenvalue weighted by atomic mass is 16.4. The molecule has 0 radical (unpaired) electrons. The van der Waals surface area contributed by atoms with Crippen LogP contribution in [0.4, 0.5) is 0 Å². The lowest BCUT2D eigenvalue weighted by Crippen LogP contribution is -2.00. The van der Waals surface area contributed by atoms with Crippen molar-refractivity contribution in [3.05, 3.63) is 35.4 Å². The molecule has 0 saturated heterocycles. The third-order valence-electron chi connectivity index (χ3n) is 2.42. The van der Waals surface area contributed by atoms with Crippen LogP contribution in [0.3, 0.4) is 0 Å². The minimum absolute atomic E-state index is 0.0270. The van der Waals surface area contributed by atoms with Gasteiger partial charge in [-0.15, -0.1) is 0 Å². The molecular weight excluding hydrogens is 192 g/mol. The SMILES string of the molecule is Cc1cccc2c(CC(=O)O)nc(C)n12. The quantitative estimate of drug-likeness (QED) is 0.808. The summed E-state index contributed by atoms with van der Waals surface area (Å²) in [5.41, 5.74) is 2.58. The van der Waals surface area contributed by atoms with Crippen molar-refractivity contribution < 1.29 is 9.90 Å². The third kappa shape index (κ3) is 1.58. The second-order valence-corrected chi connectivity index (χ2v) is 3.56. The molecule has 1 N–H and O–H groups in total. The second kappa shape index (κ2) is 3.38.